The average molecular weight is 260 g/mol. The van der Waals surface area contributed by atoms with Gasteiger partial charge in [0.2, 0.25) is 4.77 Å². The van der Waals surface area contributed by atoms with Crippen LogP contribution in [-0.4, -0.2) is 28.0 Å². The van der Waals surface area contributed by atoms with Crippen LogP contribution in [0.5, 0.6) is 0 Å². The monoisotopic (exact) mass is 260 g/mol. The van der Waals surface area contributed by atoms with Crippen molar-refractivity contribution < 1.29 is 0 Å². The lowest BCUT2D eigenvalue weighted by Gasteiger charge is -2.30. The lowest BCUT2D eigenvalue weighted by Crippen LogP contribution is -2.39. The lowest BCUT2D eigenvalue weighted by atomic mass is 10.2. The molecule has 0 spiro atoms. The third-order valence-electron chi connectivity index (χ3n) is 3.30. The molecule has 1 aliphatic rings. The molecular weight excluding hydrogens is 244 g/mol. The molecule has 0 unspecified atom stereocenters. The van der Waals surface area contributed by atoms with E-state index in [2.05, 4.69) is 27.3 Å². The zero-order valence-corrected chi connectivity index (χ0v) is 11.0. The summed E-state index contributed by atoms with van der Waals surface area (Å²) in [6.07, 6.45) is 3.75. The molecule has 4 nitrogen and oxygen atoms in total. The van der Waals surface area contributed by atoms with Gasteiger partial charge in [-0.1, -0.05) is 30.3 Å². The lowest BCUT2D eigenvalue weighted by molar-refractivity contribution is 0.477. The van der Waals surface area contributed by atoms with Crippen molar-refractivity contribution in [1.29, 1.82) is 0 Å². The average Bonchev–Trinajstić information content (AvgIpc) is 2.83. The van der Waals surface area contributed by atoms with E-state index < -0.39 is 0 Å². The van der Waals surface area contributed by atoms with E-state index in [1.54, 1.807) is 0 Å². The molecule has 2 aromatic rings. The Hall–Kier alpha value is -1.62. The number of hydrogen-bond donors (Lipinski definition) is 1. The molecule has 2 heterocycles. The Morgan fingerprint density at radius 1 is 1.06 bits per heavy atom. The largest absolute Gasteiger partial charge is 0.309 e. The van der Waals surface area contributed by atoms with Crippen LogP contribution in [0.25, 0.3) is 11.4 Å². The van der Waals surface area contributed by atoms with Gasteiger partial charge in [0.1, 0.15) is 0 Å². The minimum atomic E-state index is 0.677. The summed E-state index contributed by atoms with van der Waals surface area (Å²) in [6, 6.07) is 10.2. The van der Waals surface area contributed by atoms with Gasteiger partial charge in [0.05, 0.1) is 0 Å². The van der Waals surface area contributed by atoms with Crippen LogP contribution in [0.1, 0.15) is 19.3 Å². The molecule has 1 N–H and O–H groups in total. The number of hydrogen-bond acceptors (Lipinski definition) is 3. The van der Waals surface area contributed by atoms with E-state index in [9.17, 15) is 0 Å². The maximum Gasteiger partial charge on any atom is 0.214 e. The Morgan fingerprint density at radius 2 is 1.78 bits per heavy atom. The summed E-state index contributed by atoms with van der Waals surface area (Å²) in [4.78, 5) is 0. The maximum atomic E-state index is 5.36. The number of nitrogens with one attached hydrogen (secondary N) is 1. The van der Waals surface area contributed by atoms with E-state index in [0.717, 1.165) is 24.5 Å². The Bertz CT molecular complexity index is 566. The number of benzene rings is 1. The highest BCUT2D eigenvalue weighted by Gasteiger charge is 2.16. The molecule has 1 fully saturated rings. The summed E-state index contributed by atoms with van der Waals surface area (Å²) < 4.78 is 2.72. The fourth-order valence-electron chi connectivity index (χ4n) is 2.41. The predicted molar refractivity (Wildman–Crippen MR) is 74.6 cm³/mol. The fraction of sp³-hybridized carbons (Fsp3) is 0.385. The van der Waals surface area contributed by atoms with Crippen LogP contribution in [0.3, 0.4) is 0 Å². The van der Waals surface area contributed by atoms with Crippen molar-refractivity contribution in [3.05, 3.63) is 35.1 Å². The van der Waals surface area contributed by atoms with E-state index in [-0.39, 0.29) is 0 Å². The molecule has 1 saturated heterocycles. The van der Waals surface area contributed by atoms with Gasteiger partial charge >= 0.3 is 0 Å². The topological polar surface area (TPSA) is 36.9 Å². The first kappa shape index (κ1) is 11.5. The van der Waals surface area contributed by atoms with Crippen LogP contribution in [-0.2, 0) is 0 Å². The Morgan fingerprint density at radius 3 is 2.50 bits per heavy atom. The van der Waals surface area contributed by atoms with Gasteiger partial charge < -0.3 is 5.01 Å². The maximum absolute atomic E-state index is 5.36. The molecule has 1 aliphatic heterocycles. The number of aromatic nitrogens is 3. The first-order chi connectivity index (χ1) is 8.86. The minimum Gasteiger partial charge on any atom is -0.309 e. The molecule has 0 radical (unpaired) electrons. The molecule has 0 saturated carbocycles. The van der Waals surface area contributed by atoms with Gasteiger partial charge in [0.15, 0.2) is 5.82 Å². The van der Waals surface area contributed by atoms with E-state index >= 15 is 0 Å². The second-order valence-electron chi connectivity index (χ2n) is 4.54. The molecule has 1 aromatic heterocycles. The third-order valence-corrected chi connectivity index (χ3v) is 3.56. The van der Waals surface area contributed by atoms with Gasteiger partial charge in [0, 0.05) is 18.7 Å². The van der Waals surface area contributed by atoms with Gasteiger partial charge in [0.25, 0.3) is 0 Å². The number of nitrogens with zero attached hydrogens (tertiary/aromatic N) is 3. The Kier molecular flexibility index (Phi) is 3.15. The highest BCUT2D eigenvalue weighted by atomic mass is 32.1. The molecule has 0 atom stereocenters. The number of H-pyrrole nitrogens is 1. The van der Waals surface area contributed by atoms with Gasteiger partial charge in [-0.2, -0.15) is 5.10 Å². The van der Waals surface area contributed by atoms with Crippen molar-refractivity contribution >= 4 is 12.2 Å². The Labute approximate surface area is 111 Å². The summed E-state index contributed by atoms with van der Waals surface area (Å²) >= 11 is 5.36. The Balaban J connectivity index is 2.03. The second kappa shape index (κ2) is 4.94. The van der Waals surface area contributed by atoms with Crippen LogP contribution in [0.15, 0.2) is 30.3 Å². The van der Waals surface area contributed by atoms with Crippen LogP contribution in [0, 0.1) is 4.77 Å². The zero-order valence-electron chi connectivity index (χ0n) is 10.2. The highest BCUT2D eigenvalue weighted by Crippen LogP contribution is 2.19. The number of aromatic amines is 1. The summed E-state index contributed by atoms with van der Waals surface area (Å²) in [6.45, 7) is 2.10. The van der Waals surface area contributed by atoms with Crippen molar-refractivity contribution in [2.45, 2.75) is 19.3 Å². The number of rotatable bonds is 2. The van der Waals surface area contributed by atoms with Gasteiger partial charge in [-0.3, -0.25) is 0 Å². The normalized spacial score (nSPS) is 15.9. The molecule has 0 amide bonds. The summed E-state index contributed by atoms with van der Waals surface area (Å²) in [5.41, 5.74) is 1.09. The first-order valence-electron chi connectivity index (χ1n) is 6.34. The summed E-state index contributed by atoms with van der Waals surface area (Å²) in [5, 5.41) is 9.56. The minimum absolute atomic E-state index is 0.677. The molecule has 94 valence electrons. The van der Waals surface area contributed by atoms with Crippen molar-refractivity contribution in [2.24, 2.45) is 0 Å². The molecule has 18 heavy (non-hydrogen) atoms. The van der Waals surface area contributed by atoms with Crippen molar-refractivity contribution in [3.8, 4) is 11.4 Å². The van der Waals surface area contributed by atoms with E-state index in [1.165, 1.54) is 19.3 Å². The van der Waals surface area contributed by atoms with Gasteiger partial charge in [-0.25, -0.2) is 9.77 Å². The summed E-state index contributed by atoms with van der Waals surface area (Å²) in [7, 11) is 0. The highest BCUT2D eigenvalue weighted by molar-refractivity contribution is 7.71. The SMILES string of the molecule is S=c1[nH]nc(-c2ccccc2)n1N1CCCCC1. The van der Waals surface area contributed by atoms with Gasteiger partial charge in [-0.15, -0.1) is 0 Å². The van der Waals surface area contributed by atoms with E-state index in [1.807, 2.05) is 22.9 Å². The molecule has 0 bridgehead atoms. The predicted octanol–water partition coefficient (Wildman–Crippen LogP) is 2.73. The van der Waals surface area contributed by atoms with Crippen LogP contribution in [0.2, 0.25) is 0 Å². The quantitative estimate of drug-likeness (QED) is 0.844. The molecule has 3 rings (SSSR count). The molecule has 0 aliphatic carbocycles. The molecular formula is C13H16N4S. The second-order valence-corrected chi connectivity index (χ2v) is 4.93. The first-order valence-corrected chi connectivity index (χ1v) is 6.75. The van der Waals surface area contributed by atoms with E-state index in [4.69, 9.17) is 12.2 Å². The molecule has 1 aromatic carbocycles. The third kappa shape index (κ3) is 2.06. The van der Waals surface area contributed by atoms with Gasteiger partial charge in [-0.05, 0) is 31.5 Å². The van der Waals surface area contributed by atoms with Crippen LogP contribution >= 0.6 is 12.2 Å². The standard InChI is InChI=1S/C13H16N4S/c18-13-15-14-12(11-7-3-1-4-8-11)17(13)16-9-5-2-6-10-16/h1,3-4,7-8H,2,5-6,9-10H2,(H,15,18). The number of piperidine rings is 1. The van der Waals surface area contributed by atoms with Crippen molar-refractivity contribution in [1.82, 2.24) is 14.9 Å². The summed E-state index contributed by atoms with van der Waals surface area (Å²) in [5.74, 6) is 0.905. The van der Waals surface area contributed by atoms with Crippen molar-refractivity contribution in [3.63, 3.8) is 0 Å². The smallest absolute Gasteiger partial charge is 0.214 e. The zero-order chi connectivity index (χ0) is 12.4. The van der Waals surface area contributed by atoms with Crippen LogP contribution in [0.4, 0.5) is 0 Å². The van der Waals surface area contributed by atoms with Crippen LogP contribution < -0.4 is 5.01 Å². The van der Waals surface area contributed by atoms with E-state index in [0.29, 0.717) is 4.77 Å². The molecule has 5 heteroatoms. The van der Waals surface area contributed by atoms with Crippen molar-refractivity contribution in [2.75, 3.05) is 18.1 Å². The fourth-order valence-corrected chi connectivity index (χ4v) is 2.65.